The number of nitrogens with zero attached hydrogens (tertiary/aromatic N) is 1. The largest absolute Gasteiger partial charge is 0.478 e. The molecule has 98 valence electrons. The van der Waals surface area contributed by atoms with E-state index >= 15 is 0 Å². The predicted molar refractivity (Wildman–Crippen MR) is 68.9 cm³/mol. The van der Waals surface area contributed by atoms with Crippen LogP contribution in [-0.2, 0) is 0 Å². The average Bonchev–Trinajstić information content (AvgIpc) is 2.91. The second-order valence-electron chi connectivity index (χ2n) is 4.75. The molecule has 2 heterocycles. The average molecular weight is 260 g/mol. The van der Waals surface area contributed by atoms with Gasteiger partial charge in [-0.05, 0) is 37.2 Å². The smallest absolute Gasteiger partial charge is 0.336 e. The van der Waals surface area contributed by atoms with Crippen LogP contribution in [0.15, 0.2) is 24.3 Å². The molecule has 4 nitrogen and oxygen atoms in total. The Balaban J connectivity index is 2.21. The summed E-state index contributed by atoms with van der Waals surface area (Å²) < 4.78 is 13.3. The van der Waals surface area contributed by atoms with Crippen LogP contribution in [-0.4, -0.2) is 29.1 Å². The van der Waals surface area contributed by atoms with Gasteiger partial charge in [-0.25, -0.2) is 9.18 Å². The summed E-state index contributed by atoms with van der Waals surface area (Å²) in [5.41, 5.74) is 1.41. The molecule has 2 aromatic rings. The summed E-state index contributed by atoms with van der Waals surface area (Å²) in [7, 11) is 0. The number of aromatic nitrogens is 1. The standard InChI is InChI=1S/C14H13FN2O2/c15-9-1-2-12-10(5-9)11(14(18)19)6-13(17-12)8-3-4-16-7-8/h1-2,5-6,8,16H,3-4,7H2,(H,18,19). The number of carboxylic acids is 1. The molecule has 1 saturated heterocycles. The third-order valence-electron chi connectivity index (χ3n) is 3.50. The van der Waals surface area contributed by atoms with Gasteiger partial charge in [-0.1, -0.05) is 0 Å². The lowest BCUT2D eigenvalue weighted by Crippen LogP contribution is -2.10. The molecule has 1 fully saturated rings. The van der Waals surface area contributed by atoms with Crippen molar-refractivity contribution >= 4 is 16.9 Å². The second kappa shape index (κ2) is 4.59. The third kappa shape index (κ3) is 2.17. The zero-order chi connectivity index (χ0) is 13.4. The molecular formula is C14H13FN2O2. The highest BCUT2D eigenvalue weighted by Crippen LogP contribution is 2.26. The predicted octanol–water partition coefficient (Wildman–Crippen LogP) is 2.15. The lowest BCUT2D eigenvalue weighted by Gasteiger charge is -2.11. The van der Waals surface area contributed by atoms with E-state index in [0.717, 1.165) is 25.2 Å². The maximum Gasteiger partial charge on any atom is 0.336 e. The van der Waals surface area contributed by atoms with Gasteiger partial charge >= 0.3 is 5.97 Å². The first kappa shape index (κ1) is 12.0. The summed E-state index contributed by atoms with van der Waals surface area (Å²) in [6.07, 6.45) is 0.943. The van der Waals surface area contributed by atoms with Crippen LogP contribution >= 0.6 is 0 Å². The molecule has 0 radical (unpaired) electrons. The number of hydrogen-bond acceptors (Lipinski definition) is 3. The van der Waals surface area contributed by atoms with Gasteiger partial charge in [-0.2, -0.15) is 0 Å². The first-order valence-corrected chi connectivity index (χ1v) is 6.19. The number of rotatable bonds is 2. The van der Waals surface area contributed by atoms with Gasteiger partial charge in [0.15, 0.2) is 0 Å². The molecule has 0 amide bonds. The normalized spacial score (nSPS) is 18.9. The number of carbonyl (C=O) groups is 1. The Hall–Kier alpha value is -2.01. The maximum atomic E-state index is 13.3. The summed E-state index contributed by atoms with van der Waals surface area (Å²) >= 11 is 0. The van der Waals surface area contributed by atoms with Crippen LogP contribution in [0.5, 0.6) is 0 Å². The minimum absolute atomic E-state index is 0.117. The number of hydrogen-bond donors (Lipinski definition) is 2. The molecule has 1 aromatic carbocycles. The van der Waals surface area contributed by atoms with E-state index in [9.17, 15) is 14.3 Å². The van der Waals surface area contributed by atoms with Crippen LogP contribution in [0.3, 0.4) is 0 Å². The number of pyridine rings is 1. The summed E-state index contributed by atoms with van der Waals surface area (Å²) in [6.45, 7) is 1.72. The van der Waals surface area contributed by atoms with Crippen molar-refractivity contribution in [2.45, 2.75) is 12.3 Å². The van der Waals surface area contributed by atoms with Crippen LogP contribution in [0.4, 0.5) is 4.39 Å². The SMILES string of the molecule is O=C(O)c1cc(C2CCNC2)nc2ccc(F)cc12. The first-order chi connectivity index (χ1) is 9.15. The van der Waals surface area contributed by atoms with Crippen molar-refractivity contribution in [3.8, 4) is 0 Å². The Labute approximate surface area is 109 Å². The van der Waals surface area contributed by atoms with Crippen molar-refractivity contribution in [1.29, 1.82) is 0 Å². The molecule has 1 aliphatic heterocycles. The van der Waals surface area contributed by atoms with E-state index in [2.05, 4.69) is 10.3 Å². The van der Waals surface area contributed by atoms with Crippen LogP contribution in [0.25, 0.3) is 10.9 Å². The molecule has 0 spiro atoms. The van der Waals surface area contributed by atoms with E-state index in [4.69, 9.17) is 0 Å². The summed E-state index contributed by atoms with van der Waals surface area (Å²) in [4.78, 5) is 15.8. The van der Waals surface area contributed by atoms with Crippen LogP contribution < -0.4 is 5.32 Å². The number of benzene rings is 1. The zero-order valence-electron chi connectivity index (χ0n) is 10.2. The minimum atomic E-state index is -1.05. The second-order valence-corrected chi connectivity index (χ2v) is 4.75. The van der Waals surface area contributed by atoms with Gasteiger partial charge in [0.05, 0.1) is 11.1 Å². The molecule has 0 bridgehead atoms. The van der Waals surface area contributed by atoms with Crippen LogP contribution in [0.2, 0.25) is 0 Å². The van der Waals surface area contributed by atoms with Gasteiger partial charge in [-0.15, -0.1) is 0 Å². The molecule has 0 aliphatic carbocycles. The van der Waals surface area contributed by atoms with Crippen molar-refractivity contribution in [2.75, 3.05) is 13.1 Å². The Morgan fingerprint density at radius 3 is 2.95 bits per heavy atom. The number of nitrogens with one attached hydrogen (secondary N) is 1. The summed E-state index contributed by atoms with van der Waals surface area (Å²) in [5.74, 6) is -1.27. The number of fused-ring (bicyclic) bond motifs is 1. The van der Waals surface area contributed by atoms with Gasteiger partial charge in [0.2, 0.25) is 0 Å². The molecule has 0 saturated carbocycles. The monoisotopic (exact) mass is 260 g/mol. The van der Waals surface area contributed by atoms with Crippen molar-refractivity contribution in [3.63, 3.8) is 0 Å². The maximum absolute atomic E-state index is 13.3. The van der Waals surface area contributed by atoms with Gasteiger partial charge in [0, 0.05) is 23.5 Å². The Morgan fingerprint density at radius 2 is 2.26 bits per heavy atom. The van der Waals surface area contributed by atoms with Crippen LogP contribution in [0, 0.1) is 5.82 Å². The third-order valence-corrected chi connectivity index (χ3v) is 3.50. The van der Waals surface area contributed by atoms with E-state index in [-0.39, 0.29) is 11.5 Å². The highest BCUT2D eigenvalue weighted by molar-refractivity contribution is 6.02. The fourth-order valence-corrected chi connectivity index (χ4v) is 2.51. The molecule has 5 heteroatoms. The number of halogens is 1. The molecule has 2 N–H and O–H groups in total. The zero-order valence-corrected chi connectivity index (χ0v) is 10.2. The minimum Gasteiger partial charge on any atom is -0.478 e. The lowest BCUT2D eigenvalue weighted by atomic mass is 9.99. The molecular weight excluding hydrogens is 247 g/mol. The molecule has 19 heavy (non-hydrogen) atoms. The van der Waals surface area contributed by atoms with E-state index in [1.807, 2.05) is 0 Å². The first-order valence-electron chi connectivity index (χ1n) is 6.19. The van der Waals surface area contributed by atoms with Gasteiger partial charge < -0.3 is 10.4 Å². The van der Waals surface area contributed by atoms with Crippen molar-refractivity contribution < 1.29 is 14.3 Å². The lowest BCUT2D eigenvalue weighted by molar-refractivity contribution is 0.0699. The molecule has 1 aromatic heterocycles. The Morgan fingerprint density at radius 1 is 1.42 bits per heavy atom. The number of aromatic carboxylic acids is 1. The number of carboxylic acid groups (broad SMARTS) is 1. The highest BCUT2D eigenvalue weighted by atomic mass is 19.1. The highest BCUT2D eigenvalue weighted by Gasteiger charge is 2.21. The van der Waals surface area contributed by atoms with Crippen LogP contribution in [0.1, 0.15) is 28.4 Å². The summed E-state index contributed by atoms with van der Waals surface area (Å²) in [6, 6.07) is 5.63. The van der Waals surface area contributed by atoms with Gasteiger partial charge in [0.25, 0.3) is 0 Å². The van der Waals surface area contributed by atoms with Gasteiger partial charge in [-0.3, -0.25) is 4.98 Å². The molecule has 1 atom stereocenters. The molecule has 1 unspecified atom stereocenters. The fourth-order valence-electron chi connectivity index (χ4n) is 2.51. The van der Waals surface area contributed by atoms with E-state index in [1.165, 1.54) is 18.2 Å². The van der Waals surface area contributed by atoms with E-state index in [1.54, 1.807) is 6.07 Å². The molecule has 3 rings (SSSR count). The molecule has 1 aliphatic rings. The Bertz CT molecular complexity index is 651. The fraction of sp³-hybridized carbons (Fsp3) is 0.286. The van der Waals surface area contributed by atoms with Gasteiger partial charge in [0.1, 0.15) is 5.82 Å². The van der Waals surface area contributed by atoms with Crippen molar-refractivity contribution in [1.82, 2.24) is 10.3 Å². The summed E-state index contributed by atoms with van der Waals surface area (Å²) in [5, 5.41) is 12.9. The quantitative estimate of drug-likeness (QED) is 0.868. The Kier molecular flexibility index (Phi) is 2.91. The van der Waals surface area contributed by atoms with E-state index in [0.29, 0.717) is 10.9 Å². The topological polar surface area (TPSA) is 62.2 Å². The van der Waals surface area contributed by atoms with Crippen molar-refractivity contribution in [3.05, 3.63) is 41.3 Å². The van der Waals surface area contributed by atoms with E-state index < -0.39 is 11.8 Å². The van der Waals surface area contributed by atoms with Crippen molar-refractivity contribution in [2.24, 2.45) is 0 Å².